The highest BCUT2D eigenvalue weighted by atomic mass is 19.1. The van der Waals surface area contributed by atoms with Crippen LogP contribution in [0.4, 0.5) is 10.1 Å². The monoisotopic (exact) mass is 443 g/mol. The molecule has 0 spiro atoms. The first-order valence-electron chi connectivity index (χ1n) is 11.3. The van der Waals surface area contributed by atoms with E-state index in [9.17, 15) is 9.18 Å². The van der Waals surface area contributed by atoms with Crippen LogP contribution >= 0.6 is 0 Å². The maximum Gasteiger partial charge on any atom is 0.227 e. The molecule has 3 aromatic carbocycles. The Labute approximate surface area is 192 Å². The summed E-state index contributed by atoms with van der Waals surface area (Å²) in [4.78, 5) is 19.3. The van der Waals surface area contributed by atoms with Crippen molar-refractivity contribution in [3.8, 4) is 5.75 Å². The minimum absolute atomic E-state index is 0.00749. The summed E-state index contributed by atoms with van der Waals surface area (Å²) in [5.74, 6) is 1.37. The van der Waals surface area contributed by atoms with Crippen LogP contribution in [-0.4, -0.2) is 28.6 Å². The van der Waals surface area contributed by atoms with Crippen molar-refractivity contribution in [3.05, 3.63) is 90.0 Å². The summed E-state index contributed by atoms with van der Waals surface area (Å²) >= 11 is 0. The third-order valence-corrected chi connectivity index (χ3v) is 6.11. The third-order valence-electron chi connectivity index (χ3n) is 6.11. The van der Waals surface area contributed by atoms with E-state index < -0.39 is 0 Å². The molecule has 168 valence electrons. The second-order valence-corrected chi connectivity index (χ2v) is 8.51. The van der Waals surface area contributed by atoms with Gasteiger partial charge in [0.2, 0.25) is 5.91 Å². The first-order chi connectivity index (χ1) is 16.1. The minimum atomic E-state index is -0.343. The average Bonchev–Trinajstić information content (AvgIpc) is 3.38. The van der Waals surface area contributed by atoms with E-state index in [0.717, 1.165) is 35.6 Å². The van der Waals surface area contributed by atoms with Crippen molar-refractivity contribution in [2.45, 2.75) is 32.2 Å². The maximum atomic E-state index is 13.7. The molecule has 0 saturated carbocycles. The van der Waals surface area contributed by atoms with Gasteiger partial charge in [-0.2, -0.15) is 0 Å². The van der Waals surface area contributed by atoms with E-state index in [4.69, 9.17) is 9.72 Å². The van der Waals surface area contributed by atoms with Crippen molar-refractivity contribution >= 4 is 22.6 Å². The average molecular weight is 444 g/mol. The molecule has 0 radical (unpaired) electrons. The van der Waals surface area contributed by atoms with Gasteiger partial charge >= 0.3 is 0 Å². The molecule has 6 heteroatoms. The van der Waals surface area contributed by atoms with Gasteiger partial charge in [0.05, 0.1) is 17.6 Å². The molecule has 5 nitrogen and oxygen atoms in total. The molecule has 1 aliphatic heterocycles. The Hall–Kier alpha value is -3.67. The number of benzene rings is 3. The standard InChI is InChI=1S/C27H26FN3O2/c1-19-10-12-23(13-11-19)33-15-5-14-30-25-9-3-2-8-24(25)29-27(30)20-16-26(32)31(18-20)22-7-4-6-21(28)17-22/h2-4,6-13,17,20H,5,14-16,18H2,1H3. The topological polar surface area (TPSA) is 47.4 Å². The number of rotatable bonds is 7. The summed E-state index contributed by atoms with van der Waals surface area (Å²) in [5.41, 5.74) is 3.77. The summed E-state index contributed by atoms with van der Waals surface area (Å²) in [6.07, 6.45) is 1.18. The predicted octanol–water partition coefficient (Wildman–Crippen LogP) is 5.47. The molecule has 1 saturated heterocycles. The lowest BCUT2D eigenvalue weighted by Gasteiger charge is -2.17. The van der Waals surface area contributed by atoms with E-state index in [-0.39, 0.29) is 17.6 Å². The highest BCUT2D eigenvalue weighted by molar-refractivity contribution is 5.96. The Kier molecular flexibility index (Phi) is 5.82. The van der Waals surface area contributed by atoms with Gasteiger partial charge in [0, 0.05) is 31.1 Å². The predicted molar refractivity (Wildman–Crippen MR) is 127 cm³/mol. The lowest BCUT2D eigenvalue weighted by atomic mass is 10.1. The summed E-state index contributed by atoms with van der Waals surface area (Å²) in [7, 11) is 0. The van der Waals surface area contributed by atoms with E-state index in [1.165, 1.54) is 17.7 Å². The second-order valence-electron chi connectivity index (χ2n) is 8.51. The van der Waals surface area contributed by atoms with Crippen LogP contribution in [0.5, 0.6) is 5.75 Å². The first kappa shape index (κ1) is 21.2. The Morgan fingerprint density at radius 3 is 2.70 bits per heavy atom. The quantitative estimate of drug-likeness (QED) is 0.356. The Balaban J connectivity index is 1.34. The zero-order valence-corrected chi connectivity index (χ0v) is 18.6. The van der Waals surface area contributed by atoms with E-state index in [1.807, 2.05) is 42.5 Å². The van der Waals surface area contributed by atoms with Gasteiger partial charge in [0.1, 0.15) is 17.4 Å². The van der Waals surface area contributed by atoms with E-state index in [2.05, 4.69) is 17.6 Å². The zero-order valence-electron chi connectivity index (χ0n) is 18.6. The van der Waals surface area contributed by atoms with Crippen LogP contribution in [0.1, 0.15) is 30.1 Å². The van der Waals surface area contributed by atoms with Crippen LogP contribution < -0.4 is 9.64 Å². The molecule has 1 aliphatic rings. The Morgan fingerprint density at radius 1 is 1.06 bits per heavy atom. The van der Waals surface area contributed by atoms with Gasteiger partial charge in [0.25, 0.3) is 0 Å². The van der Waals surface area contributed by atoms with E-state index >= 15 is 0 Å². The van der Waals surface area contributed by atoms with Crippen molar-refractivity contribution in [2.75, 3.05) is 18.1 Å². The molecule has 0 aliphatic carbocycles. The van der Waals surface area contributed by atoms with Gasteiger partial charge in [-0.05, 0) is 55.8 Å². The maximum absolute atomic E-state index is 13.7. The SMILES string of the molecule is Cc1ccc(OCCCn2c(C3CC(=O)N(c4cccc(F)c4)C3)nc3ccccc32)cc1. The molecular weight excluding hydrogens is 417 g/mol. The number of halogens is 1. The molecule has 5 rings (SSSR count). The van der Waals surface area contributed by atoms with Gasteiger partial charge in [-0.25, -0.2) is 9.37 Å². The van der Waals surface area contributed by atoms with Crippen LogP contribution in [0.25, 0.3) is 11.0 Å². The number of hydrogen-bond donors (Lipinski definition) is 0. The fourth-order valence-electron chi connectivity index (χ4n) is 4.46. The number of fused-ring (bicyclic) bond motifs is 1. The largest absolute Gasteiger partial charge is 0.494 e. The van der Waals surface area contributed by atoms with Crippen LogP contribution in [-0.2, 0) is 11.3 Å². The summed E-state index contributed by atoms with van der Waals surface area (Å²) < 4.78 is 21.8. The zero-order chi connectivity index (χ0) is 22.8. The molecule has 0 bridgehead atoms. The van der Waals surface area contributed by atoms with E-state index in [1.54, 1.807) is 17.0 Å². The lowest BCUT2D eigenvalue weighted by Crippen LogP contribution is -2.24. The third kappa shape index (κ3) is 4.46. The molecule has 1 unspecified atom stereocenters. The van der Waals surface area contributed by atoms with Crippen LogP contribution in [0.15, 0.2) is 72.8 Å². The molecular formula is C27H26FN3O2. The summed E-state index contributed by atoms with van der Waals surface area (Å²) in [5, 5.41) is 0. The molecule has 1 atom stereocenters. The van der Waals surface area contributed by atoms with Gasteiger partial charge in [0.15, 0.2) is 0 Å². The smallest absolute Gasteiger partial charge is 0.227 e. The molecule has 4 aromatic rings. The number of para-hydroxylation sites is 2. The number of ether oxygens (including phenoxy) is 1. The number of aromatic nitrogens is 2. The number of amides is 1. The minimum Gasteiger partial charge on any atom is -0.494 e. The second kappa shape index (κ2) is 9.06. The summed E-state index contributed by atoms with van der Waals surface area (Å²) in [6.45, 7) is 3.88. The van der Waals surface area contributed by atoms with Crippen molar-refractivity contribution in [3.63, 3.8) is 0 Å². The van der Waals surface area contributed by atoms with Crippen LogP contribution in [0, 0.1) is 12.7 Å². The highest BCUT2D eigenvalue weighted by Gasteiger charge is 2.34. The number of nitrogens with zero attached hydrogens (tertiary/aromatic N) is 3. The molecule has 1 aromatic heterocycles. The Bertz CT molecular complexity index is 1280. The van der Waals surface area contributed by atoms with Crippen LogP contribution in [0.3, 0.4) is 0 Å². The molecule has 0 N–H and O–H groups in total. The number of aryl methyl sites for hydroxylation is 2. The number of carbonyl (C=O) groups excluding carboxylic acids is 1. The normalized spacial score (nSPS) is 16.0. The Morgan fingerprint density at radius 2 is 1.88 bits per heavy atom. The molecule has 1 amide bonds. The van der Waals surface area contributed by atoms with Crippen molar-refractivity contribution in [1.29, 1.82) is 0 Å². The molecule has 2 heterocycles. The van der Waals surface area contributed by atoms with Crippen molar-refractivity contribution < 1.29 is 13.9 Å². The molecule has 33 heavy (non-hydrogen) atoms. The number of hydrogen-bond acceptors (Lipinski definition) is 3. The lowest BCUT2D eigenvalue weighted by molar-refractivity contribution is -0.117. The van der Waals surface area contributed by atoms with Crippen molar-refractivity contribution in [2.24, 2.45) is 0 Å². The summed E-state index contributed by atoms with van der Waals surface area (Å²) in [6, 6.07) is 22.3. The van der Waals surface area contributed by atoms with Gasteiger partial charge in [-0.1, -0.05) is 35.9 Å². The van der Waals surface area contributed by atoms with Crippen LogP contribution in [0.2, 0.25) is 0 Å². The van der Waals surface area contributed by atoms with Gasteiger partial charge in [-0.15, -0.1) is 0 Å². The van der Waals surface area contributed by atoms with Gasteiger partial charge < -0.3 is 14.2 Å². The number of anilines is 1. The first-order valence-corrected chi connectivity index (χ1v) is 11.3. The van der Waals surface area contributed by atoms with Gasteiger partial charge in [-0.3, -0.25) is 4.79 Å². The fraction of sp³-hybridized carbons (Fsp3) is 0.259. The highest BCUT2D eigenvalue weighted by Crippen LogP contribution is 2.33. The van der Waals surface area contributed by atoms with E-state index in [0.29, 0.717) is 25.3 Å². The molecule has 1 fully saturated rings. The van der Waals surface area contributed by atoms with Crippen molar-refractivity contribution in [1.82, 2.24) is 9.55 Å². The number of imidazole rings is 1. The fourth-order valence-corrected chi connectivity index (χ4v) is 4.46. The number of carbonyl (C=O) groups is 1.